The molecule has 6 aromatic heterocycles. The van der Waals surface area contributed by atoms with Crippen LogP contribution in [-0.2, 0) is 0 Å². The van der Waals surface area contributed by atoms with Gasteiger partial charge in [-0.05, 0) is 90.0 Å². The first-order chi connectivity index (χ1) is 29.3. The van der Waals surface area contributed by atoms with Crippen molar-refractivity contribution in [1.82, 2.24) is 18.5 Å². The molecule has 0 fully saturated rings. The van der Waals surface area contributed by atoms with Gasteiger partial charge in [0.1, 0.15) is 5.58 Å². The first-order valence-electron chi connectivity index (χ1n) is 20.0. The third kappa shape index (κ3) is 4.20. The zero-order valence-corrected chi connectivity index (χ0v) is 32.2. The van der Waals surface area contributed by atoms with Gasteiger partial charge in [0.05, 0.1) is 48.7 Å². The molecule has 0 bridgehead atoms. The first kappa shape index (κ1) is 31.4. The number of nitrogens with zero attached hydrogens (tertiary/aromatic N) is 4. The maximum atomic E-state index is 6.65. The van der Waals surface area contributed by atoms with Gasteiger partial charge in [0.25, 0.3) is 0 Å². The molecule has 274 valence electrons. The third-order valence-electron chi connectivity index (χ3n) is 12.4. The number of thiophene rings is 1. The van der Waals surface area contributed by atoms with E-state index >= 15 is 0 Å². The number of furan rings is 1. The summed E-state index contributed by atoms with van der Waals surface area (Å²) in [6.45, 7) is 0. The maximum Gasteiger partial charge on any atom is 0.182 e. The Bertz CT molecular complexity index is 4080. The fraction of sp³-hybridized carbons (Fsp3) is 0. The van der Waals surface area contributed by atoms with Crippen LogP contribution in [-0.4, -0.2) is 18.5 Å². The lowest BCUT2D eigenvalue weighted by atomic mass is 10.0. The van der Waals surface area contributed by atoms with Gasteiger partial charge in [0.2, 0.25) is 0 Å². The Morgan fingerprint density at radius 2 is 1.03 bits per heavy atom. The van der Waals surface area contributed by atoms with Crippen LogP contribution in [0.3, 0.4) is 0 Å². The Labute approximate surface area is 339 Å². The standard InChI is InChI=1S/C53H30N4OS/c1-2-12-33(13-3-1)55-42-18-8-4-14-35(42)39-28-31(22-26-44(39)55)32-23-27-45-40(29-32)36-15-5-9-19-43(36)56(45)34-24-25-41-46(30-34)57-50-38-17-7-11-21-48(38)59-52(50)49-37-16-6-10-20-47(37)58-51(49)53(57)54-41/h1-30H. The van der Waals surface area contributed by atoms with E-state index in [0.717, 1.165) is 49.8 Å². The molecule has 0 N–H and O–H groups in total. The highest BCUT2D eigenvalue weighted by atomic mass is 32.1. The number of rotatable bonds is 3. The minimum absolute atomic E-state index is 0.829. The number of imidazole rings is 1. The molecular weight excluding hydrogens is 741 g/mol. The molecule has 59 heavy (non-hydrogen) atoms. The van der Waals surface area contributed by atoms with Crippen molar-refractivity contribution in [3.05, 3.63) is 182 Å². The SMILES string of the molecule is c1ccc(-n2c3ccccc3c3cc(-c4ccc5c(c4)c4ccccc4n5-c4ccc5nc6c7oc8ccccc8c7c7sc8ccccc8c7n6c5c4)ccc32)cc1. The quantitative estimate of drug-likeness (QED) is 0.179. The first-order valence-corrected chi connectivity index (χ1v) is 20.8. The number of hydrogen-bond donors (Lipinski definition) is 0. The van der Waals surface area contributed by atoms with Crippen LogP contribution in [0.25, 0.3) is 125 Å². The molecule has 0 amide bonds. The second kappa shape index (κ2) is 11.5. The van der Waals surface area contributed by atoms with Crippen molar-refractivity contribution in [2.45, 2.75) is 0 Å². The lowest BCUT2D eigenvalue weighted by molar-refractivity contribution is 0.670. The summed E-state index contributed by atoms with van der Waals surface area (Å²) in [6, 6.07) is 65.8. The van der Waals surface area contributed by atoms with Crippen LogP contribution in [0.2, 0.25) is 0 Å². The summed E-state index contributed by atoms with van der Waals surface area (Å²) >= 11 is 1.83. The van der Waals surface area contributed by atoms with Gasteiger partial charge in [-0.3, -0.25) is 4.40 Å². The average molecular weight is 771 g/mol. The van der Waals surface area contributed by atoms with Gasteiger partial charge in [-0.1, -0.05) is 103 Å². The second-order valence-electron chi connectivity index (χ2n) is 15.5. The summed E-state index contributed by atoms with van der Waals surface area (Å²) in [5, 5.41) is 8.43. The van der Waals surface area contributed by atoms with Gasteiger partial charge in [-0.15, -0.1) is 11.3 Å². The second-order valence-corrected chi connectivity index (χ2v) is 16.6. The summed E-state index contributed by atoms with van der Waals surface area (Å²) in [7, 11) is 0. The van der Waals surface area contributed by atoms with Crippen molar-refractivity contribution < 1.29 is 4.42 Å². The molecule has 0 aliphatic carbocycles. The van der Waals surface area contributed by atoms with E-state index in [4.69, 9.17) is 9.40 Å². The molecule has 0 spiro atoms. The zero-order chi connectivity index (χ0) is 38.3. The van der Waals surface area contributed by atoms with E-state index < -0.39 is 0 Å². The average Bonchev–Trinajstić information content (AvgIpc) is 4.10. The molecule has 0 saturated heterocycles. The minimum Gasteiger partial charge on any atom is -0.452 e. The molecule has 6 heterocycles. The molecule has 0 atom stereocenters. The van der Waals surface area contributed by atoms with Gasteiger partial charge in [0, 0.05) is 48.4 Å². The molecule has 14 aromatic rings. The molecule has 0 saturated carbocycles. The summed E-state index contributed by atoms with van der Waals surface area (Å²) in [5.41, 5.74) is 15.1. The maximum absolute atomic E-state index is 6.65. The molecule has 8 aromatic carbocycles. The molecule has 5 nitrogen and oxygen atoms in total. The summed E-state index contributed by atoms with van der Waals surface area (Å²) in [5.74, 6) is 0. The van der Waals surface area contributed by atoms with Crippen LogP contribution in [0.1, 0.15) is 0 Å². The number of hydrogen-bond acceptors (Lipinski definition) is 3. The zero-order valence-electron chi connectivity index (χ0n) is 31.4. The largest absolute Gasteiger partial charge is 0.452 e. The Morgan fingerprint density at radius 3 is 1.76 bits per heavy atom. The summed E-state index contributed by atoms with van der Waals surface area (Å²) in [6.07, 6.45) is 0. The van der Waals surface area contributed by atoms with E-state index in [0.29, 0.717) is 0 Å². The summed E-state index contributed by atoms with van der Waals surface area (Å²) in [4.78, 5) is 5.29. The van der Waals surface area contributed by atoms with Crippen LogP contribution in [0, 0.1) is 0 Å². The predicted molar refractivity (Wildman–Crippen MR) is 247 cm³/mol. The van der Waals surface area contributed by atoms with Crippen LogP contribution in [0.5, 0.6) is 0 Å². The lowest BCUT2D eigenvalue weighted by Gasteiger charge is -2.10. The van der Waals surface area contributed by atoms with Gasteiger partial charge < -0.3 is 13.6 Å². The van der Waals surface area contributed by atoms with E-state index in [-0.39, 0.29) is 0 Å². The van der Waals surface area contributed by atoms with E-state index in [1.165, 1.54) is 75.2 Å². The lowest BCUT2D eigenvalue weighted by Crippen LogP contribution is -1.95. The third-order valence-corrected chi connectivity index (χ3v) is 13.6. The highest BCUT2D eigenvalue weighted by Crippen LogP contribution is 2.46. The van der Waals surface area contributed by atoms with E-state index in [2.05, 4.69) is 189 Å². The number of para-hydroxylation sites is 4. The van der Waals surface area contributed by atoms with Crippen molar-refractivity contribution in [3.8, 4) is 22.5 Å². The molecule has 14 rings (SSSR count). The molecular formula is C53H30N4OS. The van der Waals surface area contributed by atoms with Gasteiger partial charge >= 0.3 is 0 Å². The molecule has 0 unspecified atom stereocenters. The van der Waals surface area contributed by atoms with Crippen LogP contribution in [0.4, 0.5) is 0 Å². The smallest absolute Gasteiger partial charge is 0.182 e. The fourth-order valence-electron chi connectivity index (χ4n) is 9.87. The molecule has 0 aliphatic heterocycles. The Kier molecular flexibility index (Phi) is 6.11. The summed E-state index contributed by atoms with van der Waals surface area (Å²) < 4.78 is 16.2. The normalized spacial score (nSPS) is 12.4. The van der Waals surface area contributed by atoms with Crippen molar-refractivity contribution in [2.75, 3.05) is 0 Å². The van der Waals surface area contributed by atoms with E-state index in [9.17, 15) is 0 Å². The topological polar surface area (TPSA) is 40.3 Å². The van der Waals surface area contributed by atoms with Crippen LogP contribution >= 0.6 is 11.3 Å². The molecule has 0 aliphatic rings. The predicted octanol–water partition coefficient (Wildman–Crippen LogP) is 14.6. The van der Waals surface area contributed by atoms with Crippen LogP contribution < -0.4 is 0 Å². The van der Waals surface area contributed by atoms with Crippen molar-refractivity contribution in [1.29, 1.82) is 0 Å². The number of benzene rings is 8. The van der Waals surface area contributed by atoms with Crippen LogP contribution in [0.15, 0.2) is 186 Å². The van der Waals surface area contributed by atoms with E-state index in [1.807, 2.05) is 17.4 Å². The number of pyridine rings is 1. The van der Waals surface area contributed by atoms with Crippen molar-refractivity contribution >= 4 is 114 Å². The Balaban J connectivity index is 0.995. The highest BCUT2D eigenvalue weighted by Gasteiger charge is 2.23. The van der Waals surface area contributed by atoms with Gasteiger partial charge in [0.15, 0.2) is 11.2 Å². The molecule has 6 heteroatoms. The number of aromatic nitrogens is 4. The van der Waals surface area contributed by atoms with E-state index in [1.54, 1.807) is 0 Å². The fourth-order valence-corrected chi connectivity index (χ4v) is 11.1. The minimum atomic E-state index is 0.829. The van der Waals surface area contributed by atoms with Gasteiger partial charge in [-0.25, -0.2) is 4.98 Å². The Morgan fingerprint density at radius 1 is 0.441 bits per heavy atom. The van der Waals surface area contributed by atoms with Crippen molar-refractivity contribution in [3.63, 3.8) is 0 Å². The highest BCUT2D eigenvalue weighted by molar-refractivity contribution is 7.26. The number of fused-ring (bicyclic) bond motifs is 18. The Hall–Kier alpha value is -7.67. The molecule has 0 radical (unpaired) electrons. The monoisotopic (exact) mass is 770 g/mol. The van der Waals surface area contributed by atoms with Crippen molar-refractivity contribution in [2.24, 2.45) is 0 Å². The van der Waals surface area contributed by atoms with Gasteiger partial charge in [-0.2, -0.15) is 0 Å².